The summed E-state index contributed by atoms with van der Waals surface area (Å²) in [5, 5.41) is 0.663. The Kier molecular flexibility index (Phi) is 11.1. The van der Waals surface area contributed by atoms with Gasteiger partial charge in [0.05, 0.1) is 25.7 Å². The number of aryl methyl sites for hydroxylation is 2. The van der Waals surface area contributed by atoms with Crippen molar-refractivity contribution in [3.8, 4) is 11.5 Å². The largest absolute Gasteiger partial charge is 0.490 e. The number of fused-ring (bicyclic) bond motifs is 1. The summed E-state index contributed by atoms with van der Waals surface area (Å²) in [6, 6.07) is 17.6. The average molecular weight is 577 g/mol. The number of anilines is 1. The Morgan fingerprint density at radius 3 is 2.12 bits per heavy atom. The van der Waals surface area contributed by atoms with Gasteiger partial charge in [-0.3, -0.25) is 4.79 Å². The van der Waals surface area contributed by atoms with E-state index in [9.17, 15) is 4.79 Å². The van der Waals surface area contributed by atoms with E-state index in [2.05, 4.69) is 24.8 Å². The van der Waals surface area contributed by atoms with Crippen LogP contribution in [-0.2, 0) is 11.2 Å². The van der Waals surface area contributed by atoms with Gasteiger partial charge >= 0.3 is 0 Å². The summed E-state index contributed by atoms with van der Waals surface area (Å²) in [5.74, 6) is 1.42. The lowest BCUT2D eigenvalue weighted by Gasteiger charge is -2.39. The van der Waals surface area contributed by atoms with Crippen molar-refractivity contribution >= 4 is 23.2 Å². The molecule has 6 heteroatoms. The first-order valence-corrected chi connectivity index (χ1v) is 15.5. The van der Waals surface area contributed by atoms with Gasteiger partial charge in [0.1, 0.15) is 0 Å². The van der Waals surface area contributed by atoms with Crippen molar-refractivity contribution in [1.82, 2.24) is 4.90 Å². The Balaban J connectivity index is 0.000000367. The van der Waals surface area contributed by atoms with Gasteiger partial charge in [-0.25, -0.2) is 0 Å². The standard InChI is InChI=1S/C27H28ClNO3.C8H17N/c1-5-31-24-14-20-15-26(30)29(23-12-7-17(3)13-18(23)4)27(19-8-10-21(28)11-9-19)22(20)16-25(24)32-6-2;1-2-6-9-7-4-3-5-8-9/h7-14,16,27H,5-6,15H2,1-4H3;2-8H2,1H3. The molecule has 2 heterocycles. The van der Waals surface area contributed by atoms with Crippen molar-refractivity contribution in [2.45, 2.75) is 72.8 Å². The number of rotatable bonds is 8. The van der Waals surface area contributed by atoms with E-state index in [4.69, 9.17) is 21.1 Å². The molecule has 0 saturated carbocycles. The minimum atomic E-state index is -0.292. The van der Waals surface area contributed by atoms with E-state index in [-0.39, 0.29) is 11.9 Å². The fourth-order valence-corrected chi connectivity index (χ4v) is 6.04. The van der Waals surface area contributed by atoms with Gasteiger partial charge in [0.15, 0.2) is 11.5 Å². The normalized spacial score (nSPS) is 17.0. The van der Waals surface area contributed by atoms with E-state index in [1.807, 2.05) is 74.2 Å². The molecule has 220 valence electrons. The molecule has 2 aliphatic heterocycles. The van der Waals surface area contributed by atoms with Gasteiger partial charge in [-0.1, -0.05) is 54.8 Å². The molecule has 1 amide bonds. The van der Waals surface area contributed by atoms with E-state index in [1.165, 1.54) is 50.9 Å². The molecular weight excluding hydrogens is 532 g/mol. The lowest BCUT2D eigenvalue weighted by molar-refractivity contribution is -0.118. The lowest BCUT2D eigenvalue weighted by Crippen LogP contribution is -2.41. The van der Waals surface area contributed by atoms with Crippen LogP contribution in [-0.4, -0.2) is 43.7 Å². The Morgan fingerprint density at radius 1 is 0.854 bits per heavy atom. The van der Waals surface area contributed by atoms with E-state index in [1.54, 1.807) is 0 Å². The van der Waals surface area contributed by atoms with Crippen LogP contribution in [0.15, 0.2) is 54.6 Å². The zero-order valence-electron chi connectivity index (χ0n) is 25.3. The van der Waals surface area contributed by atoms with Crippen LogP contribution in [0.4, 0.5) is 5.69 Å². The van der Waals surface area contributed by atoms with Crippen molar-refractivity contribution in [1.29, 1.82) is 0 Å². The third kappa shape index (κ3) is 7.64. The number of carbonyl (C=O) groups is 1. The van der Waals surface area contributed by atoms with E-state index < -0.39 is 0 Å². The topological polar surface area (TPSA) is 42.0 Å². The van der Waals surface area contributed by atoms with E-state index in [0.717, 1.165) is 27.9 Å². The highest BCUT2D eigenvalue weighted by molar-refractivity contribution is 6.30. The molecular formula is C35H45ClN2O3. The number of hydrogen-bond donors (Lipinski definition) is 0. The summed E-state index contributed by atoms with van der Waals surface area (Å²) in [6.07, 6.45) is 5.94. The highest BCUT2D eigenvalue weighted by Crippen LogP contribution is 2.44. The summed E-state index contributed by atoms with van der Waals surface area (Å²) in [6.45, 7) is 15.4. The predicted molar refractivity (Wildman–Crippen MR) is 170 cm³/mol. The number of ether oxygens (including phenoxy) is 2. The zero-order valence-corrected chi connectivity index (χ0v) is 26.1. The number of halogens is 1. The molecule has 0 radical (unpaired) electrons. The molecule has 0 N–H and O–H groups in total. The molecule has 0 spiro atoms. The van der Waals surface area contributed by atoms with Crippen molar-refractivity contribution < 1.29 is 14.3 Å². The number of amides is 1. The second-order valence-electron chi connectivity index (χ2n) is 11.0. The first-order valence-electron chi connectivity index (χ1n) is 15.2. The summed E-state index contributed by atoms with van der Waals surface area (Å²) in [5.41, 5.74) is 6.14. The first-order chi connectivity index (χ1) is 19.9. The monoisotopic (exact) mass is 576 g/mol. The number of benzene rings is 3. The molecule has 1 unspecified atom stereocenters. The van der Waals surface area contributed by atoms with Gasteiger partial charge in [-0.05, 0) is 119 Å². The third-order valence-corrected chi connectivity index (χ3v) is 8.01. The van der Waals surface area contributed by atoms with E-state index in [0.29, 0.717) is 36.2 Å². The number of piperidine rings is 1. The highest BCUT2D eigenvalue weighted by atomic mass is 35.5. The van der Waals surface area contributed by atoms with Crippen LogP contribution in [0.2, 0.25) is 5.02 Å². The summed E-state index contributed by atoms with van der Waals surface area (Å²) in [7, 11) is 0. The zero-order chi connectivity index (χ0) is 29.4. The number of carbonyl (C=O) groups excluding carboxylic acids is 1. The van der Waals surface area contributed by atoms with Crippen LogP contribution in [0.5, 0.6) is 11.5 Å². The van der Waals surface area contributed by atoms with Crippen LogP contribution < -0.4 is 14.4 Å². The molecule has 0 bridgehead atoms. The summed E-state index contributed by atoms with van der Waals surface area (Å²) in [4.78, 5) is 18.0. The van der Waals surface area contributed by atoms with Gasteiger partial charge < -0.3 is 19.3 Å². The number of likely N-dealkylation sites (tertiary alicyclic amines) is 1. The predicted octanol–water partition coefficient (Wildman–Crippen LogP) is 8.32. The van der Waals surface area contributed by atoms with Crippen molar-refractivity contribution in [3.05, 3.63) is 87.4 Å². The summed E-state index contributed by atoms with van der Waals surface area (Å²) >= 11 is 6.18. The molecule has 3 aromatic carbocycles. The maximum atomic E-state index is 13.6. The second kappa shape index (κ2) is 14.7. The molecule has 2 aliphatic rings. The average Bonchev–Trinajstić information content (AvgIpc) is 2.95. The molecule has 1 atom stereocenters. The fraction of sp³-hybridized carbons (Fsp3) is 0.457. The Labute approximate surface area is 251 Å². The second-order valence-corrected chi connectivity index (χ2v) is 11.4. The number of hydrogen-bond acceptors (Lipinski definition) is 4. The van der Waals surface area contributed by atoms with Crippen molar-refractivity contribution in [3.63, 3.8) is 0 Å². The highest BCUT2D eigenvalue weighted by Gasteiger charge is 2.36. The van der Waals surface area contributed by atoms with Crippen LogP contribution >= 0.6 is 11.6 Å². The molecule has 0 aromatic heterocycles. The minimum absolute atomic E-state index is 0.0519. The van der Waals surface area contributed by atoms with Crippen LogP contribution in [0.25, 0.3) is 0 Å². The van der Waals surface area contributed by atoms with E-state index >= 15 is 0 Å². The molecule has 1 saturated heterocycles. The van der Waals surface area contributed by atoms with Crippen molar-refractivity contribution in [2.24, 2.45) is 0 Å². The van der Waals surface area contributed by atoms with Crippen molar-refractivity contribution in [2.75, 3.05) is 37.7 Å². The minimum Gasteiger partial charge on any atom is -0.490 e. The molecule has 3 aromatic rings. The lowest BCUT2D eigenvalue weighted by atomic mass is 9.86. The van der Waals surface area contributed by atoms with Gasteiger partial charge in [-0.2, -0.15) is 0 Å². The Morgan fingerprint density at radius 2 is 1.51 bits per heavy atom. The molecule has 41 heavy (non-hydrogen) atoms. The molecule has 5 rings (SSSR count). The van der Waals surface area contributed by atoms with Gasteiger partial charge in [-0.15, -0.1) is 0 Å². The van der Waals surface area contributed by atoms with Crippen LogP contribution in [0, 0.1) is 13.8 Å². The fourth-order valence-electron chi connectivity index (χ4n) is 5.92. The Hall–Kier alpha value is -3.02. The molecule has 1 fully saturated rings. The Bertz CT molecular complexity index is 1300. The van der Waals surface area contributed by atoms with Gasteiger partial charge in [0, 0.05) is 10.7 Å². The van der Waals surface area contributed by atoms with Gasteiger partial charge in [0.25, 0.3) is 0 Å². The van der Waals surface area contributed by atoms with Crippen LogP contribution in [0.1, 0.15) is 80.3 Å². The molecule has 5 nitrogen and oxygen atoms in total. The maximum Gasteiger partial charge on any atom is 0.232 e. The quantitative estimate of drug-likeness (QED) is 0.270. The smallest absolute Gasteiger partial charge is 0.232 e. The van der Waals surface area contributed by atoms with Gasteiger partial charge in [0.2, 0.25) is 5.91 Å². The third-order valence-electron chi connectivity index (χ3n) is 7.75. The maximum absolute atomic E-state index is 13.6. The number of nitrogens with zero attached hydrogens (tertiary/aromatic N) is 2. The first kappa shape index (κ1) is 30.9. The SMILES string of the molecule is CCCN1CCCCC1.CCOc1cc2c(cc1OCC)C(c1ccc(Cl)cc1)N(c1ccc(C)cc1C)C(=O)C2. The van der Waals surface area contributed by atoms with Crippen LogP contribution in [0.3, 0.4) is 0 Å². The summed E-state index contributed by atoms with van der Waals surface area (Å²) < 4.78 is 11.7. The molecule has 0 aliphatic carbocycles.